The molecule has 1 aromatic heterocycles. The monoisotopic (exact) mass is 983 g/mol. The molecule has 79 heavy (non-hydrogen) atoms. The molecule has 0 amide bonds. The van der Waals surface area contributed by atoms with Crippen molar-refractivity contribution < 1.29 is 4.42 Å². The van der Waals surface area contributed by atoms with Gasteiger partial charge in [-0.1, -0.05) is 98.3 Å². The van der Waals surface area contributed by atoms with Crippen molar-refractivity contribution in [2.24, 2.45) is 0 Å². The molecule has 348 valence electrons. The van der Waals surface area contributed by atoms with Gasteiger partial charge in [0.2, 0.25) is 0 Å². The molecule has 0 saturated carbocycles. The molecule has 0 fully saturated rings. The minimum Gasteiger partial charge on any atom is -0.457 e. The van der Waals surface area contributed by atoms with E-state index in [-0.39, 0.29) is 0 Å². The second kappa shape index (κ2) is 19.6. The van der Waals surface area contributed by atoms with Crippen LogP contribution in [0.4, 0.5) is 0 Å². The first-order valence-corrected chi connectivity index (χ1v) is 29.4. The minimum absolute atomic E-state index is 1.02. The molecule has 0 spiro atoms. The quantitative estimate of drug-likeness (QED) is 0.127. The van der Waals surface area contributed by atoms with E-state index >= 15 is 0 Å². The van der Waals surface area contributed by atoms with Gasteiger partial charge in [-0.3, -0.25) is 0 Å². The van der Waals surface area contributed by atoms with Gasteiger partial charge >= 0.3 is 0 Å². The Hall–Kier alpha value is -4.49. The predicted octanol–water partition coefficient (Wildman–Crippen LogP) is -38.5. The Kier molecular flexibility index (Phi) is 14.3. The van der Waals surface area contributed by atoms with Crippen molar-refractivity contribution in [1.82, 2.24) is 0 Å². The molecule has 0 saturated heterocycles. The van der Waals surface area contributed by atoms with E-state index < -0.39 is 0 Å². The second-order valence-corrected chi connectivity index (χ2v) is 25.5. The molecule has 0 aliphatic rings. The van der Waals surface area contributed by atoms with E-state index in [9.17, 15) is 0 Å². The topological polar surface area (TPSA) is 13.1 Å². The summed E-state index contributed by atoms with van der Waals surface area (Å²) < 4.78 is 7.50. The summed E-state index contributed by atoms with van der Waals surface area (Å²) in [5.74, 6) is 0. The van der Waals surface area contributed by atoms with E-state index in [1.165, 1.54) is 251 Å². The van der Waals surface area contributed by atoms with Crippen molar-refractivity contribution in [3.8, 4) is 44.5 Å². The molecule has 1 heterocycles. The highest BCUT2D eigenvalue weighted by atomic mass is 16.3. The highest BCUT2D eigenvalue weighted by molar-refractivity contribution is 6.77. The molecule has 9 aromatic carbocycles. The van der Waals surface area contributed by atoms with E-state index in [0.717, 1.165) is 11.2 Å². The van der Waals surface area contributed by atoms with E-state index in [1.807, 2.05) is 0 Å². The molecule has 0 atom stereocenters. The molecule has 0 aliphatic heterocycles. The first-order chi connectivity index (χ1) is 36.8. The molecular weight excluding hydrogens is 917 g/mol. The van der Waals surface area contributed by atoms with E-state index in [4.69, 9.17) is 4.42 Å². The van der Waals surface area contributed by atoms with Crippen LogP contribution in [0, 0.1) is 0 Å². The van der Waals surface area contributed by atoms with Crippen molar-refractivity contribution in [1.29, 1.82) is 0 Å². The van der Waals surface area contributed by atoms with Crippen LogP contribution in [0.5, 0.6) is 0 Å². The van der Waals surface area contributed by atoms with Crippen LogP contribution in [0.15, 0.2) is 4.42 Å². The Labute approximate surface area is 498 Å². The molecule has 10 aromatic rings. The molecule has 0 N–H and O–H groups in total. The first-order valence-electron chi connectivity index (χ1n) is 29.4. The van der Waals surface area contributed by atoms with Gasteiger partial charge in [0, 0.05) is 10.8 Å². The van der Waals surface area contributed by atoms with Crippen molar-refractivity contribution in [3.05, 3.63) is 0 Å². The van der Waals surface area contributed by atoms with E-state index in [0.29, 0.717) is 0 Å². The van der Waals surface area contributed by atoms with Crippen LogP contribution >= 0.6 is 0 Å². The largest absolute Gasteiger partial charge is 0.457 e. The minimum atomic E-state index is 1.02. The van der Waals surface area contributed by atoms with Gasteiger partial charge in [0.1, 0.15) is 247 Å². The fourth-order valence-electron chi connectivity index (χ4n) is 15.7. The standard InChI is InChI=1S/C48H60B30O/c49-17-12-15(32(64)41(73)40(72)29(12)61)33(65)48-16(17)10-8(23(55)44(76)46(78)47(10)79-48)2-5-3(18(50)34(66)36(68)20(5)52)1(4-6(2)21(53)37(69)35(67)19(4)51)7-9(24(56)39(71)38(70)22(7)54)11-25(57)27(59)13(28(60)26(11)58)14-30(62)42(74)45(77)43(75)31(14)63/h49-78H2. The maximum atomic E-state index is 7.50. The van der Waals surface area contributed by atoms with E-state index in [2.05, 4.69) is 235 Å². The molecule has 1 nitrogen and oxygen atoms in total. The lowest BCUT2D eigenvalue weighted by Gasteiger charge is -2.33. The van der Waals surface area contributed by atoms with Gasteiger partial charge in [0.25, 0.3) is 0 Å². The third kappa shape index (κ3) is 7.52. The molecule has 31 heteroatoms. The summed E-state index contributed by atoms with van der Waals surface area (Å²) in [4.78, 5) is 0. The zero-order chi connectivity index (χ0) is 58.4. The van der Waals surface area contributed by atoms with Gasteiger partial charge in [0.15, 0.2) is 0 Å². The van der Waals surface area contributed by atoms with Gasteiger partial charge < -0.3 is 4.42 Å². The predicted molar refractivity (Wildman–Crippen MR) is 453 cm³/mol. The van der Waals surface area contributed by atoms with Gasteiger partial charge in [0.05, 0.1) is 0 Å². The van der Waals surface area contributed by atoms with Gasteiger partial charge in [-0.15, -0.1) is 60.1 Å². The zero-order valence-electron chi connectivity index (χ0n) is 54.4. The van der Waals surface area contributed by atoms with Crippen molar-refractivity contribution in [2.45, 2.75) is 0 Å². The lowest BCUT2D eigenvalue weighted by Crippen LogP contribution is -2.57. The van der Waals surface area contributed by atoms with Crippen LogP contribution in [-0.2, 0) is 0 Å². The Morgan fingerprint density at radius 2 is 0.316 bits per heavy atom. The third-order valence-corrected chi connectivity index (χ3v) is 22.8. The Balaban J connectivity index is 1.52. The van der Waals surface area contributed by atoms with Gasteiger partial charge in [-0.05, 0) is 82.3 Å². The summed E-state index contributed by atoms with van der Waals surface area (Å²) >= 11 is 0. The molecule has 0 bridgehead atoms. The number of hydrogen-bond acceptors (Lipinski definition) is 1. The fraction of sp³-hybridized carbons (Fsp3) is 0. The molecule has 10 rings (SSSR count). The van der Waals surface area contributed by atoms with Crippen LogP contribution in [-0.4, -0.2) is 235 Å². The van der Waals surface area contributed by atoms with Gasteiger partial charge in [-0.25, -0.2) is 0 Å². The highest BCUT2D eigenvalue weighted by Crippen LogP contribution is 2.44. The average Bonchev–Trinajstić information content (AvgIpc) is 3.85. The fourth-order valence-corrected chi connectivity index (χ4v) is 15.7. The zero-order valence-corrected chi connectivity index (χ0v) is 54.4. The number of rotatable bonds is 4. The maximum absolute atomic E-state index is 7.50. The number of furan rings is 1. The van der Waals surface area contributed by atoms with Gasteiger partial charge in [-0.2, -0.15) is 0 Å². The first kappa shape index (κ1) is 57.7. The number of benzene rings is 9. The molecule has 0 aliphatic carbocycles. The summed E-state index contributed by atoms with van der Waals surface area (Å²) in [5, 5.41) is 10.8. The number of hydrogen-bond donors (Lipinski definition) is 0. The molecular formula is C48H60B30O. The second-order valence-electron chi connectivity index (χ2n) is 25.5. The van der Waals surface area contributed by atoms with Crippen molar-refractivity contribution in [3.63, 3.8) is 0 Å². The summed E-state index contributed by atoms with van der Waals surface area (Å²) in [7, 11) is 71.3. The Morgan fingerprint density at radius 1 is 0.114 bits per heavy atom. The van der Waals surface area contributed by atoms with Crippen LogP contribution in [0.25, 0.3) is 98.8 Å². The van der Waals surface area contributed by atoms with Crippen molar-refractivity contribution in [2.75, 3.05) is 0 Å². The Morgan fingerprint density at radius 3 is 0.671 bits per heavy atom. The normalized spacial score (nSPS) is 11.8. The number of fused-ring (bicyclic) bond motifs is 6. The van der Waals surface area contributed by atoms with Crippen molar-refractivity contribution >= 4 is 454 Å². The van der Waals surface area contributed by atoms with Crippen LogP contribution < -0.4 is 164 Å². The highest BCUT2D eigenvalue weighted by Gasteiger charge is 2.33. The van der Waals surface area contributed by atoms with Crippen LogP contribution in [0.3, 0.4) is 0 Å². The lowest BCUT2D eigenvalue weighted by atomic mass is 9.54. The maximum Gasteiger partial charge on any atom is 0.145 e. The molecule has 0 unspecified atom stereocenters. The third-order valence-electron chi connectivity index (χ3n) is 22.8. The lowest BCUT2D eigenvalue weighted by molar-refractivity contribution is 0.675. The summed E-state index contributed by atoms with van der Waals surface area (Å²) in [6, 6.07) is 0. The SMILES string of the molecule is Bc1c(B)c(B)c(-c2c(B)c(B)c(-c3c(B)c(B)c(B)c(B)c3-c3c4c(B)c(B)c(B)c(B)c4c(-c4c(B)c(B)c(B)c5oc6c(B)c7c(B)c(B)c(B)c(B)c7c(B)c6c45)c4c(B)c(B)c(B)c(B)c34)c(B)c2B)c(B)c1B. The van der Waals surface area contributed by atoms with Crippen LogP contribution in [0.2, 0.25) is 0 Å². The van der Waals surface area contributed by atoms with Crippen LogP contribution in [0.1, 0.15) is 0 Å². The molecule has 0 radical (unpaired) electrons. The summed E-state index contributed by atoms with van der Waals surface area (Å²) in [6.07, 6.45) is 0. The average molecular weight is 977 g/mol. The van der Waals surface area contributed by atoms with E-state index in [1.54, 1.807) is 0 Å². The summed E-state index contributed by atoms with van der Waals surface area (Å²) in [5.41, 5.74) is 54.0. The smallest absolute Gasteiger partial charge is 0.145 e. The Bertz CT molecular complexity index is 4460. The summed E-state index contributed by atoms with van der Waals surface area (Å²) in [6.45, 7) is 0.